The quantitative estimate of drug-likeness (QED) is 0.620. The van der Waals surface area contributed by atoms with Crippen molar-refractivity contribution in [3.63, 3.8) is 0 Å². The lowest BCUT2D eigenvalue weighted by molar-refractivity contribution is 0.103. The number of allylic oxidation sites excluding steroid dienone is 1. The zero-order chi connectivity index (χ0) is 11.7. The largest absolute Gasteiger partial charge is 0.389 e. The Morgan fingerprint density at radius 2 is 2.00 bits per heavy atom. The second-order valence-electron chi connectivity index (χ2n) is 7.08. The van der Waals surface area contributed by atoms with Gasteiger partial charge in [-0.15, -0.1) is 0 Å². The van der Waals surface area contributed by atoms with Crippen LogP contribution in [0.5, 0.6) is 0 Å². The molecule has 0 amide bonds. The number of rotatable bonds is 0. The summed E-state index contributed by atoms with van der Waals surface area (Å²) in [5.74, 6) is 2.02. The topological polar surface area (TPSA) is 20.2 Å². The standard InChI is InChI=1S/C15H24O/c1-9-6-5-7-10-8-11(16)12-13(14(12,2)3)15(9,10)4/h8-9,11-13,16H,5-7H2,1-4H3/t9-,11-,12-,13+,15+/m0/s1. The molecule has 1 heteroatoms. The van der Waals surface area contributed by atoms with Gasteiger partial charge in [0, 0.05) is 0 Å². The highest BCUT2D eigenvalue weighted by Gasteiger charge is 2.70. The summed E-state index contributed by atoms with van der Waals surface area (Å²) in [4.78, 5) is 0. The van der Waals surface area contributed by atoms with E-state index in [9.17, 15) is 5.11 Å². The Balaban J connectivity index is 2.06. The van der Waals surface area contributed by atoms with Crippen molar-refractivity contribution in [3.05, 3.63) is 11.6 Å². The maximum atomic E-state index is 10.2. The molecule has 0 heterocycles. The lowest BCUT2D eigenvalue weighted by Gasteiger charge is -2.46. The second kappa shape index (κ2) is 2.93. The van der Waals surface area contributed by atoms with Gasteiger partial charge in [-0.05, 0) is 47.8 Å². The number of hydrogen-bond donors (Lipinski definition) is 1. The molecule has 2 saturated carbocycles. The third-order valence-electron chi connectivity index (χ3n) is 6.10. The smallest absolute Gasteiger partial charge is 0.0760 e. The minimum Gasteiger partial charge on any atom is -0.389 e. The molecule has 0 unspecified atom stereocenters. The molecule has 1 N–H and O–H groups in total. The van der Waals surface area contributed by atoms with Crippen LogP contribution in [0.2, 0.25) is 0 Å². The maximum absolute atomic E-state index is 10.2. The minimum absolute atomic E-state index is 0.173. The Kier molecular flexibility index (Phi) is 1.98. The molecule has 90 valence electrons. The van der Waals surface area contributed by atoms with Gasteiger partial charge in [-0.3, -0.25) is 0 Å². The predicted octanol–water partition coefficient (Wildman–Crippen LogP) is 3.39. The van der Waals surface area contributed by atoms with Gasteiger partial charge in [0.05, 0.1) is 6.10 Å². The number of hydrogen-bond acceptors (Lipinski definition) is 1. The lowest BCUT2D eigenvalue weighted by Crippen LogP contribution is -2.38. The number of fused-ring (bicyclic) bond motifs is 3. The van der Waals surface area contributed by atoms with Crippen molar-refractivity contribution >= 4 is 0 Å². The van der Waals surface area contributed by atoms with Crippen LogP contribution in [0.1, 0.15) is 47.0 Å². The first kappa shape index (κ1) is 10.8. The third-order valence-corrected chi connectivity index (χ3v) is 6.10. The van der Waals surface area contributed by atoms with Crippen LogP contribution in [0.15, 0.2) is 11.6 Å². The first-order chi connectivity index (χ1) is 7.40. The van der Waals surface area contributed by atoms with Gasteiger partial charge in [0.25, 0.3) is 0 Å². The van der Waals surface area contributed by atoms with Crippen molar-refractivity contribution in [2.24, 2.45) is 28.6 Å². The number of aliphatic hydroxyl groups excluding tert-OH is 1. The summed E-state index contributed by atoms with van der Waals surface area (Å²) in [7, 11) is 0. The Labute approximate surface area is 98.9 Å². The molecule has 0 spiro atoms. The van der Waals surface area contributed by atoms with Gasteiger partial charge in [-0.25, -0.2) is 0 Å². The SMILES string of the molecule is C[C@H]1CCCC2=C[C@H](O)[C@H]3[C@H](C3(C)C)[C@@]21C. The van der Waals surface area contributed by atoms with Gasteiger partial charge in [-0.2, -0.15) is 0 Å². The van der Waals surface area contributed by atoms with Gasteiger partial charge < -0.3 is 5.11 Å². The molecule has 3 aliphatic carbocycles. The van der Waals surface area contributed by atoms with Gasteiger partial charge in [0.2, 0.25) is 0 Å². The molecule has 5 atom stereocenters. The van der Waals surface area contributed by atoms with E-state index in [0.29, 0.717) is 22.7 Å². The van der Waals surface area contributed by atoms with E-state index >= 15 is 0 Å². The fourth-order valence-corrected chi connectivity index (χ4v) is 5.02. The van der Waals surface area contributed by atoms with Crippen molar-refractivity contribution in [3.8, 4) is 0 Å². The highest BCUT2D eigenvalue weighted by molar-refractivity contribution is 5.34. The molecule has 0 aromatic carbocycles. The van der Waals surface area contributed by atoms with E-state index in [4.69, 9.17) is 0 Å². The third kappa shape index (κ3) is 1.06. The predicted molar refractivity (Wildman–Crippen MR) is 66.0 cm³/mol. The summed E-state index contributed by atoms with van der Waals surface area (Å²) in [6, 6.07) is 0. The van der Waals surface area contributed by atoms with E-state index in [1.807, 2.05) is 0 Å². The molecule has 0 aliphatic heterocycles. The van der Waals surface area contributed by atoms with Crippen LogP contribution in [0, 0.1) is 28.6 Å². The van der Waals surface area contributed by atoms with Crippen LogP contribution in [-0.2, 0) is 0 Å². The highest BCUT2D eigenvalue weighted by atomic mass is 16.3. The van der Waals surface area contributed by atoms with Crippen molar-refractivity contribution in [1.82, 2.24) is 0 Å². The average Bonchev–Trinajstić information content (AvgIpc) is 2.77. The molecule has 1 nitrogen and oxygen atoms in total. The molecule has 0 radical (unpaired) electrons. The molecule has 0 saturated heterocycles. The van der Waals surface area contributed by atoms with Crippen LogP contribution >= 0.6 is 0 Å². The van der Waals surface area contributed by atoms with E-state index in [1.54, 1.807) is 5.57 Å². The van der Waals surface area contributed by atoms with Crippen LogP contribution in [-0.4, -0.2) is 11.2 Å². The van der Waals surface area contributed by atoms with Crippen molar-refractivity contribution in [1.29, 1.82) is 0 Å². The van der Waals surface area contributed by atoms with Gasteiger partial charge in [0.15, 0.2) is 0 Å². The molecular weight excluding hydrogens is 196 g/mol. The molecular formula is C15H24O. The molecule has 0 aromatic rings. The van der Waals surface area contributed by atoms with E-state index in [1.165, 1.54) is 19.3 Å². The molecule has 3 aliphatic rings. The Morgan fingerprint density at radius 3 is 2.69 bits per heavy atom. The first-order valence-corrected chi connectivity index (χ1v) is 6.79. The zero-order valence-electron chi connectivity index (χ0n) is 11.0. The summed E-state index contributed by atoms with van der Waals surface area (Å²) in [6.45, 7) is 9.56. The van der Waals surface area contributed by atoms with Crippen LogP contribution < -0.4 is 0 Å². The monoisotopic (exact) mass is 220 g/mol. The van der Waals surface area contributed by atoms with E-state index in [0.717, 1.165) is 5.92 Å². The summed E-state index contributed by atoms with van der Waals surface area (Å²) in [5.41, 5.74) is 2.29. The summed E-state index contributed by atoms with van der Waals surface area (Å²) in [6.07, 6.45) is 5.92. The van der Waals surface area contributed by atoms with Crippen LogP contribution in [0.3, 0.4) is 0 Å². The van der Waals surface area contributed by atoms with Crippen LogP contribution in [0.25, 0.3) is 0 Å². The molecule has 0 bridgehead atoms. The van der Waals surface area contributed by atoms with Crippen molar-refractivity contribution < 1.29 is 5.11 Å². The van der Waals surface area contributed by atoms with E-state index in [-0.39, 0.29) is 6.10 Å². The Morgan fingerprint density at radius 1 is 1.31 bits per heavy atom. The Bertz CT molecular complexity index is 354. The van der Waals surface area contributed by atoms with Crippen molar-refractivity contribution in [2.45, 2.75) is 53.1 Å². The first-order valence-electron chi connectivity index (χ1n) is 6.79. The summed E-state index contributed by atoms with van der Waals surface area (Å²) < 4.78 is 0. The molecule has 2 fully saturated rings. The fraction of sp³-hybridized carbons (Fsp3) is 0.867. The highest BCUT2D eigenvalue weighted by Crippen LogP contribution is 2.74. The van der Waals surface area contributed by atoms with Gasteiger partial charge in [0.1, 0.15) is 0 Å². The Hall–Kier alpha value is -0.300. The zero-order valence-corrected chi connectivity index (χ0v) is 11.0. The van der Waals surface area contributed by atoms with E-state index in [2.05, 4.69) is 33.8 Å². The molecule has 16 heavy (non-hydrogen) atoms. The fourth-order valence-electron chi connectivity index (χ4n) is 5.02. The van der Waals surface area contributed by atoms with Gasteiger partial charge >= 0.3 is 0 Å². The van der Waals surface area contributed by atoms with Crippen molar-refractivity contribution in [2.75, 3.05) is 0 Å². The van der Waals surface area contributed by atoms with E-state index < -0.39 is 0 Å². The van der Waals surface area contributed by atoms with Gasteiger partial charge in [-0.1, -0.05) is 39.3 Å². The van der Waals surface area contributed by atoms with Crippen LogP contribution in [0.4, 0.5) is 0 Å². The molecule has 3 rings (SSSR count). The molecule has 0 aromatic heterocycles. The maximum Gasteiger partial charge on any atom is 0.0760 e. The lowest BCUT2D eigenvalue weighted by atomic mass is 9.59. The second-order valence-corrected chi connectivity index (χ2v) is 7.08. The summed E-state index contributed by atoms with van der Waals surface area (Å²) in [5, 5.41) is 10.2. The average molecular weight is 220 g/mol. The number of aliphatic hydroxyl groups is 1. The summed E-state index contributed by atoms with van der Waals surface area (Å²) >= 11 is 0. The minimum atomic E-state index is -0.173. The normalized spacial score (nSPS) is 53.7.